The molecule has 0 radical (unpaired) electrons. The number of halogens is 1. The Morgan fingerprint density at radius 1 is 1.29 bits per heavy atom. The van der Waals surface area contributed by atoms with Gasteiger partial charge in [0, 0.05) is 19.6 Å². The molecule has 1 N–H and O–H groups in total. The second-order valence-corrected chi connectivity index (χ2v) is 7.02. The molecule has 6 nitrogen and oxygen atoms in total. The number of hydrogen-bond acceptors (Lipinski definition) is 3. The lowest BCUT2D eigenvalue weighted by Crippen LogP contribution is -2.63. The Labute approximate surface area is 129 Å². The second kappa shape index (κ2) is 5.48. The number of hydrogen-bond donors (Lipinski definition) is 1. The largest absolute Gasteiger partial charge is 0.480 e. The van der Waals surface area contributed by atoms with E-state index in [4.69, 9.17) is 11.6 Å². The number of aliphatic carboxylic acids is 1. The Morgan fingerprint density at radius 2 is 1.86 bits per heavy atom. The van der Waals surface area contributed by atoms with Crippen molar-refractivity contribution in [3.63, 3.8) is 0 Å². The molecular weight excluding hydrogens is 296 g/mol. The van der Waals surface area contributed by atoms with Crippen LogP contribution in [0.15, 0.2) is 0 Å². The van der Waals surface area contributed by atoms with Crippen molar-refractivity contribution in [1.29, 1.82) is 0 Å². The normalized spacial score (nSPS) is 23.4. The van der Waals surface area contributed by atoms with Gasteiger partial charge < -0.3 is 14.9 Å². The minimum absolute atomic E-state index is 0.144. The number of rotatable bonds is 4. The van der Waals surface area contributed by atoms with E-state index in [-0.39, 0.29) is 17.7 Å². The van der Waals surface area contributed by atoms with E-state index in [0.29, 0.717) is 26.1 Å². The molecule has 0 aliphatic carbocycles. The van der Waals surface area contributed by atoms with Gasteiger partial charge in [-0.25, -0.2) is 4.79 Å². The SMILES string of the molecule is CC(C)C(C(=O)O)N1CCC2(CN(C(=O)[C@@H](C)Cl)C2)C1=O. The summed E-state index contributed by atoms with van der Waals surface area (Å²) in [5, 5.41) is 8.72. The van der Waals surface area contributed by atoms with Crippen molar-refractivity contribution in [3.8, 4) is 0 Å². The van der Waals surface area contributed by atoms with Crippen LogP contribution in [0.3, 0.4) is 0 Å². The highest BCUT2D eigenvalue weighted by Crippen LogP contribution is 2.42. The monoisotopic (exact) mass is 316 g/mol. The van der Waals surface area contributed by atoms with Crippen molar-refractivity contribution < 1.29 is 19.5 Å². The number of carboxylic acid groups (broad SMARTS) is 1. The zero-order valence-corrected chi connectivity index (χ0v) is 13.3. The molecule has 0 aromatic heterocycles. The summed E-state index contributed by atoms with van der Waals surface area (Å²) >= 11 is 5.77. The van der Waals surface area contributed by atoms with Crippen molar-refractivity contribution in [2.24, 2.45) is 11.3 Å². The van der Waals surface area contributed by atoms with Gasteiger partial charge in [0.2, 0.25) is 11.8 Å². The van der Waals surface area contributed by atoms with Gasteiger partial charge in [-0.3, -0.25) is 9.59 Å². The molecule has 1 spiro atoms. The molecule has 2 rings (SSSR count). The van der Waals surface area contributed by atoms with Crippen LogP contribution in [0.1, 0.15) is 27.2 Å². The van der Waals surface area contributed by atoms with Crippen LogP contribution < -0.4 is 0 Å². The van der Waals surface area contributed by atoms with Gasteiger partial charge in [-0.05, 0) is 19.3 Å². The highest BCUT2D eigenvalue weighted by atomic mass is 35.5. The quantitative estimate of drug-likeness (QED) is 0.778. The van der Waals surface area contributed by atoms with Gasteiger partial charge in [-0.1, -0.05) is 13.8 Å². The van der Waals surface area contributed by atoms with Crippen LogP contribution in [0.25, 0.3) is 0 Å². The average molecular weight is 317 g/mol. The van der Waals surface area contributed by atoms with Crippen molar-refractivity contribution >= 4 is 29.4 Å². The standard InChI is InChI=1S/C14H21ClN2O4/c1-8(2)10(12(19)20)17-5-4-14(13(17)21)6-16(7-14)11(18)9(3)15/h8-10H,4-7H2,1-3H3,(H,19,20)/t9-,10?/m1/s1. The topological polar surface area (TPSA) is 77.9 Å². The van der Waals surface area contributed by atoms with Gasteiger partial charge in [0.25, 0.3) is 0 Å². The first-order valence-corrected chi connectivity index (χ1v) is 7.60. The van der Waals surface area contributed by atoms with E-state index in [1.54, 1.807) is 25.7 Å². The molecule has 7 heteroatoms. The van der Waals surface area contributed by atoms with Crippen LogP contribution in [0.2, 0.25) is 0 Å². The summed E-state index contributed by atoms with van der Waals surface area (Å²) in [6, 6.07) is -0.798. The highest BCUT2D eigenvalue weighted by molar-refractivity contribution is 6.30. The molecule has 2 aliphatic rings. The summed E-state index contributed by atoms with van der Waals surface area (Å²) in [5.74, 6) is -1.44. The zero-order chi connectivity index (χ0) is 15.9. The van der Waals surface area contributed by atoms with Gasteiger partial charge >= 0.3 is 5.97 Å². The number of likely N-dealkylation sites (tertiary alicyclic amines) is 2. The van der Waals surface area contributed by atoms with Crippen molar-refractivity contribution in [3.05, 3.63) is 0 Å². The number of carboxylic acids is 1. The van der Waals surface area contributed by atoms with Crippen molar-refractivity contribution in [2.45, 2.75) is 38.6 Å². The molecule has 2 heterocycles. The molecule has 0 saturated carbocycles. The predicted octanol–water partition coefficient (Wildman–Crippen LogP) is 0.784. The van der Waals surface area contributed by atoms with Gasteiger partial charge in [0.05, 0.1) is 5.41 Å². The number of carbonyl (C=O) groups is 3. The lowest BCUT2D eigenvalue weighted by atomic mass is 9.78. The Hall–Kier alpha value is -1.30. The third-order valence-corrected chi connectivity index (χ3v) is 4.59. The van der Waals surface area contributed by atoms with E-state index < -0.39 is 22.8 Å². The molecule has 2 atom stereocenters. The van der Waals surface area contributed by atoms with Crippen LogP contribution in [0, 0.1) is 11.3 Å². The summed E-state index contributed by atoms with van der Waals surface area (Å²) in [6.07, 6.45) is 0.600. The van der Waals surface area contributed by atoms with Crippen molar-refractivity contribution in [1.82, 2.24) is 9.80 Å². The van der Waals surface area contributed by atoms with E-state index in [9.17, 15) is 19.5 Å². The van der Waals surface area contributed by atoms with Crippen LogP contribution in [0.4, 0.5) is 0 Å². The lowest BCUT2D eigenvalue weighted by Gasteiger charge is -2.47. The van der Waals surface area contributed by atoms with E-state index in [0.717, 1.165) is 0 Å². The second-order valence-electron chi connectivity index (χ2n) is 6.37. The van der Waals surface area contributed by atoms with Crippen LogP contribution in [-0.4, -0.2) is 63.7 Å². The maximum absolute atomic E-state index is 12.6. The third-order valence-electron chi connectivity index (χ3n) is 4.41. The first-order valence-electron chi connectivity index (χ1n) is 7.16. The smallest absolute Gasteiger partial charge is 0.326 e. The summed E-state index contributed by atoms with van der Waals surface area (Å²) in [5.41, 5.74) is -0.593. The summed E-state index contributed by atoms with van der Waals surface area (Å²) < 4.78 is 0. The zero-order valence-electron chi connectivity index (χ0n) is 12.5. The molecule has 2 fully saturated rings. The Balaban J connectivity index is 2.07. The van der Waals surface area contributed by atoms with Crippen molar-refractivity contribution in [2.75, 3.05) is 19.6 Å². The molecule has 2 aliphatic heterocycles. The Morgan fingerprint density at radius 3 is 2.29 bits per heavy atom. The highest BCUT2D eigenvalue weighted by Gasteiger charge is 2.58. The Kier molecular flexibility index (Phi) is 4.19. The molecule has 2 saturated heterocycles. The first kappa shape index (κ1) is 16.1. The van der Waals surface area contributed by atoms with Crippen LogP contribution in [0.5, 0.6) is 0 Å². The summed E-state index contributed by atoms with van der Waals surface area (Å²) in [7, 11) is 0. The molecule has 0 aromatic carbocycles. The van der Waals surface area contributed by atoms with Crippen LogP contribution >= 0.6 is 11.6 Å². The summed E-state index contributed by atoms with van der Waals surface area (Å²) in [4.78, 5) is 38.8. The van der Waals surface area contributed by atoms with Gasteiger partial charge in [0.1, 0.15) is 11.4 Å². The molecule has 1 unspecified atom stereocenters. The van der Waals surface area contributed by atoms with E-state index in [1.807, 2.05) is 0 Å². The number of amides is 2. The van der Waals surface area contributed by atoms with Gasteiger partial charge in [0.15, 0.2) is 0 Å². The minimum atomic E-state index is -0.975. The fourth-order valence-electron chi connectivity index (χ4n) is 3.28. The minimum Gasteiger partial charge on any atom is -0.480 e. The lowest BCUT2D eigenvalue weighted by molar-refractivity contribution is -0.160. The predicted molar refractivity (Wildman–Crippen MR) is 76.9 cm³/mol. The first-order chi connectivity index (χ1) is 9.69. The fourth-order valence-corrected chi connectivity index (χ4v) is 3.41. The molecule has 0 aromatic rings. The number of nitrogens with zero attached hydrogens (tertiary/aromatic N) is 2. The summed E-state index contributed by atoms with van der Waals surface area (Å²) in [6.45, 7) is 6.33. The molecule has 118 valence electrons. The average Bonchev–Trinajstić information content (AvgIpc) is 2.64. The van der Waals surface area contributed by atoms with Gasteiger partial charge in [-0.15, -0.1) is 11.6 Å². The maximum atomic E-state index is 12.6. The third kappa shape index (κ3) is 2.61. The Bertz CT molecular complexity index is 472. The maximum Gasteiger partial charge on any atom is 0.326 e. The van der Waals surface area contributed by atoms with E-state index >= 15 is 0 Å². The molecule has 2 amide bonds. The fraction of sp³-hybridized carbons (Fsp3) is 0.786. The van der Waals surface area contributed by atoms with Crippen LogP contribution in [-0.2, 0) is 14.4 Å². The van der Waals surface area contributed by atoms with E-state index in [2.05, 4.69) is 0 Å². The molecule has 21 heavy (non-hydrogen) atoms. The molecular formula is C14H21ClN2O4. The number of carbonyl (C=O) groups excluding carboxylic acids is 2. The van der Waals surface area contributed by atoms with Gasteiger partial charge in [-0.2, -0.15) is 0 Å². The number of alkyl halides is 1. The molecule has 0 bridgehead atoms. The van der Waals surface area contributed by atoms with E-state index in [1.165, 1.54) is 4.90 Å².